The van der Waals surface area contributed by atoms with E-state index < -0.39 is 6.10 Å². The van der Waals surface area contributed by atoms with Gasteiger partial charge in [0.2, 0.25) is 0 Å². The molecule has 0 amide bonds. The molecule has 0 unspecified atom stereocenters. The molecule has 0 heterocycles. The fourth-order valence-corrected chi connectivity index (χ4v) is 3.20. The first-order chi connectivity index (χ1) is 9.69. The minimum absolute atomic E-state index is 0.118. The van der Waals surface area contributed by atoms with E-state index in [0.717, 1.165) is 24.1 Å². The zero-order valence-corrected chi connectivity index (χ0v) is 12.4. The molecular weight excluding hydrogens is 254 g/mol. The van der Waals surface area contributed by atoms with Crippen LogP contribution in [0.5, 0.6) is 5.75 Å². The van der Waals surface area contributed by atoms with E-state index in [1.807, 2.05) is 18.2 Å². The minimum atomic E-state index is -0.594. The summed E-state index contributed by atoms with van der Waals surface area (Å²) in [4.78, 5) is 2.23. The number of nitrogens with zero attached hydrogens (tertiary/aromatic N) is 1. The zero-order valence-electron chi connectivity index (χ0n) is 12.4. The van der Waals surface area contributed by atoms with Crippen LogP contribution in [0.1, 0.15) is 44.3 Å². The van der Waals surface area contributed by atoms with E-state index in [2.05, 4.69) is 4.90 Å². The quantitative estimate of drug-likeness (QED) is 0.840. The minimum Gasteiger partial charge on any atom is -0.496 e. The van der Waals surface area contributed by atoms with Crippen LogP contribution in [0, 0.1) is 0 Å². The summed E-state index contributed by atoms with van der Waals surface area (Å²) >= 11 is 0. The molecule has 2 N–H and O–H groups in total. The molecule has 1 aromatic rings. The van der Waals surface area contributed by atoms with Gasteiger partial charge in [-0.2, -0.15) is 0 Å². The largest absolute Gasteiger partial charge is 0.496 e. The van der Waals surface area contributed by atoms with Crippen molar-refractivity contribution in [3.8, 4) is 5.75 Å². The Morgan fingerprint density at radius 2 is 2.05 bits per heavy atom. The molecule has 112 valence electrons. The predicted octanol–water partition coefficient (Wildman–Crippen LogP) is 2.49. The second kappa shape index (κ2) is 6.95. The van der Waals surface area contributed by atoms with E-state index in [1.54, 1.807) is 14.0 Å². The van der Waals surface area contributed by atoms with Crippen LogP contribution in [0.3, 0.4) is 0 Å². The van der Waals surface area contributed by atoms with Crippen molar-refractivity contribution in [1.29, 1.82) is 0 Å². The normalized spacial score (nSPS) is 17.2. The van der Waals surface area contributed by atoms with Crippen molar-refractivity contribution in [3.63, 3.8) is 0 Å². The third-order valence-electron chi connectivity index (χ3n) is 4.10. The van der Waals surface area contributed by atoms with Gasteiger partial charge >= 0.3 is 0 Å². The Morgan fingerprint density at radius 3 is 2.60 bits per heavy atom. The fourth-order valence-electron chi connectivity index (χ4n) is 3.20. The summed E-state index contributed by atoms with van der Waals surface area (Å²) in [5.41, 5.74) is 1.80. The standard InChI is InChI=1S/C16H25NO3/c1-12(19)16-14(8-5-9-15(16)20-2)17(10-11-18)13-6-3-4-7-13/h5,8-9,12-13,18-19H,3-4,6-7,10-11H2,1-2H3/t12-/m0/s1. The Hall–Kier alpha value is -1.26. The molecule has 4 nitrogen and oxygen atoms in total. The van der Waals surface area contributed by atoms with Crippen molar-refractivity contribution in [3.05, 3.63) is 23.8 Å². The highest BCUT2D eigenvalue weighted by Crippen LogP contribution is 2.37. The number of methoxy groups -OCH3 is 1. The van der Waals surface area contributed by atoms with Gasteiger partial charge in [0.1, 0.15) is 5.75 Å². The summed E-state index contributed by atoms with van der Waals surface area (Å²) < 4.78 is 5.39. The van der Waals surface area contributed by atoms with E-state index in [1.165, 1.54) is 12.8 Å². The highest BCUT2D eigenvalue weighted by Gasteiger charge is 2.26. The molecule has 1 atom stereocenters. The van der Waals surface area contributed by atoms with E-state index in [-0.39, 0.29) is 6.61 Å². The molecule has 4 heteroatoms. The summed E-state index contributed by atoms with van der Waals surface area (Å²) in [6, 6.07) is 6.28. The molecule has 2 rings (SSSR count). The van der Waals surface area contributed by atoms with Crippen LogP contribution in [0.15, 0.2) is 18.2 Å². The summed E-state index contributed by atoms with van der Waals surface area (Å²) in [5.74, 6) is 0.707. The van der Waals surface area contributed by atoms with Gasteiger partial charge in [-0.3, -0.25) is 0 Å². The van der Waals surface area contributed by atoms with Crippen LogP contribution in [-0.2, 0) is 0 Å². The van der Waals surface area contributed by atoms with Crippen LogP contribution in [0.2, 0.25) is 0 Å². The van der Waals surface area contributed by atoms with Gasteiger partial charge < -0.3 is 19.8 Å². The van der Waals surface area contributed by atoms with Crippen LogP contribution < -0.4 is 9.64 Å². The lowest BCUT2D eigenvalue weighted by Gasteiger charge is -2.33. The lowest BCUT2D eigenvalue weighted by molar-refractivity contribution is 0.194. The molecule has 20 heavy (non-hydrogen) atoms. The first-order valence-electron chi connectivity index (χ1n) is 7.41. The van der Waals surface area contributed by atoms with Crippen molar-refractivity contribution >= 4 is 5.69 Å². The second-order valence-electron chi connectivity index (χ2n) is 5.42. The van der Waals surface area contributed by atoms with Gasteiger partial charge in [-0.1, -0.05) is 18.9 Å². The number of rotatable bonds is 6. The Bertz CT molecular complexity index is 428. The van der Waals surface area contributed by atoms with Gasteiger partial charge in [0.15, 0.2) is 0 Å². The zero-order chi connectivity index (χ0) is 14.5. The highest BCUT2D eigenvalue weighted by atomic mass is 16.5. The van der Waals surface area contributed by atoms with E-state index in [4.69, 9.17) is 4.74 Å². The third-order valence-corrected chi connectivity index (χ3v) is 4.10. The third kappa shape index (κ3) is 3.07. The topological polar surface area (TPSA) is 52.9 Å². The first-order valence-corrected chi connectivity index (χ1v) is 7.41. The predicted molar refractivity (Wildman–Crippen MR) is 80.3 cm³/mol. The smallest absolute Gasteiger partial charge is 0.126 e. The lowest BCUT2D eigenvalue weighted by Crippen LogP contribution is -2.36. The number of anilines is 1. The molecule has 1 fully saturated rings. The van der Waals surface area contributed by atoms with Crippen molar-refractivity contribution in [2.75, 3.05) is 25.2 Å². The summed E-state index contributed by atoms with van der Waals surface area (Å²) in [7, 11) is 1.62. The Balaban J connectivity index is 2.41. The van der Waals surface area contributed by atoms with Crippen LogP contribution in [0.25, 0.3) is 0 Å². The summed E-state index contributed by atoms with van der Waals surface area (Å²) in [6.45, 7) is 2.47. The number of aliphatic hydroxyl groups is 2. The Labute approximate surface area is 121 Å². The lowest BCUT2D eigenvalue weighted by atomic mass is 10.0. The number of benzene rings is 1. The van der Waals surface area contributed by atoms with Crippen molar-refractivity contribution < 1.29 is 14.9 Å². The number of aliphatic hydroxyl groups excluding tert-OH is 2. The van der Waals surface area contributed by atoms with Gasteiger partial charge in [-0.05, 0) is 31.9 Å². The second-order valence-corrected chi connectivity index (χ2v) is 5.42. The molecule has 0 aromatic heterocycles. The van der Waals surface area contributed by atoms with Gasteiger partial charge in [0.25, 0.3) is 0 Å². The van der Waals surface area contributed by atoms with Gasteiger partial charge in [-0.25, -0.2) is 0 Å². The van der Waals surface area contributed by atoms with Gasteiger partial charge in [0, 0.05) is 23.8 Å². The van der Waals surface area contributed by atoms with E-state index in [9.17, 15) is 10.2 Å². The van der Waals surface area contributed by atoms with Crippen molar-refractivity contribution in [2.45, 2.75) is 44.8 Å². The average molecular weight is 279 g/mol. The van der Waals surface area contributed by atoms with E-state index >= 15 is 0 Å². The molecule has 0 aliphatic heterocycles. The van der Waals surface area contributed by atoms with Crippen LogP contribution >= 0.6 is 0 Å². The number of ether oxygens (including phenoxy) is 1. The maximum absolute atomic E-state index is 10.1. The SMILES string of the molecule is COc1cccc(N(CCO)C2CCCC2)c1[C@H](C)O. The Kier molecular flexibility index (Phi) is 5.26. The summed E-state index contributed by atoms with van der Waals surface area (Å²) in [5, 5.41) is 19.5. The maximum atomic E-state index is 10.1. The molecule has 0 bridgehead atoms. The van der Waals surface area contributed by atoms with Crippen molar-refractivity contribution in [2.24, 2.45) is 0 Å². The van der Waals surface area contributed by atoms with E-state index in [0.29, 0.717) is 18.3 Å². The maximum Gasteiger partial charge on any atom is 0.126 e. The number of hydrogen-bond acceptors (Lipinski definition) is 4. The molecule has 0 radical (unpaired) electrons. The first kappa shape index (κ1) is 15.1. The molecule has 0 saturated heterocycles. The monoisotopic (exact) mass is 279 g/mol. The Morgan fingerprint density at radius 1 is 1.35 bits per heavy atom. The summed E-state index contributed by atoms with van der Waals surface area (Å²) in [6.07, 6.45) is 4.18. The molecule has 0 spiro atoms. The average Bonchev–Trinajstić information content (AvgIpc) is 2.97. The molecule has 1 aromatic carbocycles. The van der Waals surface area contributed by atoms with Gasteiger partial charge in [0.05, 0.1) is 19.8 Å². The van der Waals surface area contributed by atoms with Gasteiger partial charge in [-0.15, -0.1) is 0 Å². The van der Waals surface area contributed by atoms with Crippen LogP contribution in [0.4, 0.5) is 5.69 Å². The number of hydrogen-bond donors (Lipinski definition) is 2. The molecule has 1 aliphatic carbocycles. The van der Waals surface area contributed by atoms with Crippen molar-refractivity contribution in [1.82, 2.24) is 0 Å². The molecular formula is C16H25NO3. The van der Waals surface area contributed by atoms with Crippen LogP contribution in [-0.4, -0.2) is 36.5 Å². The molecule has 1 saturated carbocycles. The fraction of sp³-hybridized carbons (Fsp3) is 0.625. The highest BCUT2D eigenvalue weighted by molar-refractivity contribution is 5.61. The molecule has 1 aliphatic rings.